The summed E-state index contributed by atoms with van der Waals surface area (Å²) in [5.74, 6) is 2.17. The van der Waals surface area contributed by atoms with Crippen LogP contribution in [0.15, 0.2) is 401 Å². The molecule has 25 aromatic rings. The molecule has 0 amide bonds. The average molecular weight is 1780 g/mol. The van der Waals surface area contributed by atoms with Gasteiger partial charge in [0.2, 0.25) is 0 Å². The van der Waals surface area contributed by atoms with Crippen molar-refractivity contribution in [1.29, 1.82) is 0 Å². The summed E-state index contributed by atoms with van der Waals surface area (Å²) >= 11 is 0. The molecule has 22 nitrogen and oxygen atoms in total. The number of pyridine rings is 10. The minimum absolute atomic E-state index is 0.228. The van der Waals surface area contributed by atoms with Crippen LogP contribution < -0.4 is 0 Å². The van der Waals surface area contributed by atoms with E-state index in [1.165, 1.54) is 10.8 Å². The molecular weight excluding hydrogens is 1700 g/mol. The first kappa shape index (κ1) is 84.6. The predicted octanol–water partition coefficient (Wildman–Crippen LogP) is 25.6. The van der Waals surface area contributed by atoms with E-state index in [-0.39, 0.29) is 11.6 Å². The largest absolute Gasteiger partial charge is 0.255 e. The number of hydrogen-bond donors (Lipinski definition) is 0. The van der Waals surface area contributed by atoms with Gasteiger partial charge in [0.05, 0.1) is 101 Å². The van der Waals surface area contributed by atoms with Gasteiger partial charge >= 0.3 is 0 Å². The third-order valence-electron chi connectivity index (χ3n) is 23.4. The van der Waals surface area contributed by atoms with E-state index >= 15 is 0 Å². The fourth-order valence-electron chi connectivity index (χ4n) is 16.9. The Morgan fingerprint density at radius 3 is 0.812 bits per heavy atom. The molecule has 0 atom stereocenters. The first-order valence-corrected chi connectivity index (χ1v) is 44.9. The van der Waals surface area contributed by atoms with Crippen molar-refractivity contribution in [2.75, 3.05) is 0 Å². The Hall–Kier alpha value is -19.0. The average Bonchev–Trinajstić information content (AvgIpc) is 0.752. The van der Waals surface area contributed by atoms with E-state index in [9.17, 15) is 0 Å². The maximum absolute atomic E-state index is 5.10. The van der Waals surface area contributed by atoms with E-state index in [1.807, 2.05) is 167 Å². The van der Waals surface area contributed by atoms with Crippen molar-refractivity contribution >= 4 is 87.0 Å². The van der Waals surface area contributed by atoms with Crippen LogP contribution in [0.5, 0.6) is 0 Å². The Labute approximate surface area is 791 Å². The van der Waals surface area contributed by atoms with Crippen LogP contribution in [0.3, 0.4) is 0 Å². The molecule has 0 spiro atoms. The summed E-state index contributed by atoms with van der Waals surface area (Å²) in [6.45, 7) is 7.56. The van der Waals surface area contributed by atoms with Gasteiger partial charge in [0.1, 0.15) is 22.8 Å². The predicted molar refractivity (Wildman–Crippen MR) is 547 cm³/mol. The molecule has 0 saturated carbocycles. The SMILES string of the molecule is Cc1ccnc(-c2cc(-c3nccc(C)n3)nc(-c3nc(-c4nccc(C)n4)cc(-c4nccc(C)n4)n3)n2)n1.c1cc(-c2nc3ccccc3c3ccccc23)nc(-c2nc3ccccc3c3ccccc23)c1.c1ccc(-c2cc(-c3cccc(-c4cc(-c5ccccc5)c5ccccc5n4)n3)nc3ccccc23)cc1.c1ccc(-c2ccc3ccc4ccc(-c5ccccn5)nc4c3n2)nc1. The summed E-state index contributed by atoms with van der Waals surface area (Å²) in [5.41, 5.74) is 25.5. The van der Waals surface area contributed by atoms with E-state index in [0.29, 0.717) is 46.1 Å². The third kappa shape index (κ3) is 17.7. The monoisotopic (exact) mass is 1780 g/mol. The van der Waals surface area contributed by atoms with Crippen molar-refractivity contribution in [3.05, 3.63) is 424 Å². The number of hydrogen-bond acceptors (Lipinski definition) is 22. The summed E-state index contributed by atoms with van der Waals surface area (Å²) in [6, 6.07) is 122. The second-order valence-electron chi connectivity index (χ2n) is 32.8. The van der Waals surface area contributed by atoms with Crippen LogP contribution in [0.2, 0.25) is 0 Å². The van der Waals surface area contributed by atoms with E-state index in [4.69, 9.17) is 59.8 Å². The van der Waals surface area contributed by atoms with Gasteiger partial charge in [0.25, 0.3) is 0 Å². The number of aryl methyl sites for hydroxylation is 4. The van der Waals surface area contributed by atoms with Crippen LogP contribution in [0, 0.1) is 27.7 Å². The molecule has 0 saturated heterocycles. The summed E-state index contributed by atoms with van der Waals surface area (Å²) in [7, 11) is 0. The lowest BCUT2D eigenvalue weighted by molar-refractivity contribution is 1.01. The van der Waals surface area contributed by atoms with Crippen LogP contribution in [-0.4, -0.2) is 110 Å². The minimum Gasteiger partial charge on any atom is -0.255 e. The molecule has 0 aliphatic heterocycles. The molecule has 0 bridgehead atoms. The highest BCUT2D eigenvalue weighted by atomic mass is 15.1. The molecule has 16 heterocycles. The van der Waals surface area contributed by atoms with Gasteiger partial charge in [-0.2, -0.15) is 0 Å². The highest BCUT2D eigenvalue weighted by molar-refractivity contribution is 6.13. The van der Waals surface area contributed by atoms with Crippen LogP contribution in [0.4, 0.5) is 0 Å². The number of para-hydroxylation sites is 4. The summed E-state index contributed by atoms with van der Waals surface area (Å²) in [4.78, 5) is 104. The second-order valence-corrected chi connectivity index (χ2v) is 32.8. The molecule has 25 rings (SSSR count). The van der Waals surface area contributed by atoms with Crippen molar-refractivity contribution in [1.82, 2.24) is 110 Å². The topological polar surface area (TPSA) is 284 Å². The summed E-state index contributed by atoms with van der Waals surface area (Å²) < 4.78 is 0. The lowest BCUT2D eigenvalue weighted by Crippen LogP contribution is -2.05. The molecule has 22 heteroatoms. The third-order valence-corrected chi connectivity index (χ3v) is 23.4. The van der Waals surface area contributed by atoms with Gasteiger partial charge in [-0.3, -0.25) is 9.97 Å². The lowest BCUT2D eigenvalue weighted by atomic mass is 9.99. The van der Waals surface area contributed by atoms with Gasteiger partial charge in [0.15, 0.2) is 34.9 Å². The first-order chi connectivity index (χ1) is 68.0. The Morgan fingerprint density at radius 2 is 0.449 bits per heavy atom. The minimum atomic E-state index is 0.228. The van der Waals surface area contributed by atoms with Crippen molar-refractivity contribution in [2.24, 2.45) is 0 Å². The van der Waals surface area contributed by atoms with Crippen molar-refractivity contribution in [3.63, 3.8) is 0 Å². The normalized spacial score (nSPS) is 11.2. The molecule has 138 heavy (non-hydrogen) atoms. The molecular formula is C116H78N22. The molecule has 16 aromatic heterocycles. The Kier molecular flexibility index (Phi) is 23.1. The number of rotatable bonds is 13. The molecule has 9 aromatic carbocycles. The Balaban J connectivity index is 0.000000107. The molecule has 652 valence electrons. The van der Waals surface area contributed by atoms with Crippen molar-refractivity contribution in [3.8, 4) is 148 Å². The van der Waals surface area contributed by atoms with E-state index in [0.717, 1.165) is 190 Å². The van der Waals surface area contributed by atoms with Crippen LogP contribution in [0.25, 0.3) is 235 Å². The van der Waals surface area contributed by atoms with Crippen LogP contribution >= 0.6 is 0 Å². The quantitative estimate of drug-likeness (QED) is 0.0969. The zero-order valence-electron chi connectivity index (χ0n) is 74.9. The Morgan fingerprint density at radius 1 is 0.152 bits per heavy atom. The van der Waals surface area contributed by atoms with E-state index < -0.39 is 0 Å². The highest BCUT2D eigenvalue weighted by Crippen LogP contribution is 2.40. The molecule has 0 aliphatic carbocycles. The van der Waals surface area contributed by atoms with Gasteiger partial charge in [-0.25, -0.2) is 99.7 Å². The highest BCUT2D eigenvalue weighted by Gasteiger charge is 2.23. The molecule has 0 radical (unpaired) electrons. The number of aromatic nitrogens is 22. The molecule has 0 N–H and O–H groups in total. The van der Waals surface area contributed by atoms with Crippen molar-refractivity contribution in [2.45, 2.75) is 27.7 Å². The lowest BCUT2D eigenvalue weighted by Gasteiger charge is -2.12. The smallest absolute Gasteiger partial charge is 0.199 e. The Bertz CT molecular complexity index is 8300. The van der Waals surface area contributed by atoms with Crippen LogP contribution in [0.1, 0.15) is 22.8 Å². The molecule has 0 aliphatic rings. The van der Waals surface area contributed by atoms with E-state index in [2.05, 4.69) is 262 Å². The standard InChI is InChI=1S/C35H23N3.C31H19N3.C28H22N12.C22H14N4/c1-3-12-24(13-4-1)28-22-34(36-30-18-9-7-16-26(28)30)32-20-11-21-33(38-32)35-23-29(25-14-5-2-6-15-25)27-17-8-10-19-31(27)37-35;1-3-14-24-20(10-1)22-12-5-7-16-26(22)33-30(24)28-18-9-19-29(32-28)31-25-15-4-2-11-21(25)23-13-6-8-17-27(23)34-31;1-15-5-9-29-23(33-15)19-13-20(24-30-10-6-16(2)34-24)38-27(37-19)28-39-21(25-31-11-7-17(3)35-25)14-22(40-28)26-32-12-8-18(4)36-26;1-3-13-23-17(5-1)19-11-9-15-7-8-16-10-12-20(18-6-2-4-14-24-18)26-22(16)21(15)25-19/h1-23H;1-19H;5-14H,1-4H3;1-14H. The zero-order valence-corrected chi connectivity index (χ0v) is 74.9. The number of fused-ring (bicyclic) bond motifs is 11. The van der Waals surface area contributed by atoms with Gasteiger partial charge in [-0.05, 0) is 194 Å². The van der Waals surface area contributed by atoms with Gasteiger partial charge in [-0.15, -0.1) is 0 Å². The van der Waals surface area contributed by atoms with Gasteiger partial charge in [0, 0.05) is 103 Å². The van der Waals surface area contributed by atoms with Crippen LogP contribution in [-0.2, 0) is 0 Å². The number of benzene rings is 9. The summed E-state index contributed by atoms with van der Waals surface area (Å²) in [6.07, 6.45) is 10.3. The maximum atomic E-state index is 5.10. The number of nitrogens with zero attached hydrogens (tertiary/aromatic N) is 22. The maximum Gasteiger partial charge on any atom is 0.199 e. The van der Waals surface area contributed by atoms with Gasteiger partial charge < -0.3 is 0 Å². The molecule has 0 fully saturated rings. The fourth-order valence-corrected chi connectivity index (χ4v) is 16.9. The van der Waals surface area contributed by atoms with Gasteiger partial charge in [-0.1, -0.05) is 231 Å². The second kappa shape index (κ2) is 37.7. The van der Waals surface area contributed by atoms with E-state index in [1.54, 1.807) is 49.3 Å². The van der Waals surface area contributed by atoms with Crippen molar-refractivity contribution < 1.29 is 0 Å². The summed E-state index contributed by atoms with van der Waals surface area (Å²) in [5, 5.41) is 11.2. The first-order valence-electron chi connectivity index (χ1n) is 44.9. The zero-order chi connectivity index (χ0) is 92.8. The fraction of sp³-hybridized carbons (Fsp3) is 0.0345. The molecule has 0 unspecified atom stereocenters.